The van der Waals surface area contributed by atoms with Gasteiger partial charge in [-0.1, -0.05) is 37.3 Å². The summed E-state index contributed by atoms with van der Waals surface area (Å²) in [5.41, 5.74) is 0.924. The van der Waals surface area contributed by atoms with Crippen molar-refractivity contribution in [3.8, 4) is 5.75 Å². The van der Waals surface area contributed by atoms with E-state index in [0.717, 1.165) is 11.3 Å². The lowest BCUT2D eigenvalue weighted by Crippen LogP contribution is -2.37. The van der Waals surface area contributed by atoms with E-state index in [2.05, 4.69) is 6.58 Å². The lowest BCUT2D eigenvalue weighted by atomic mass is 10.0. The Hall–Kier alpha value is -1.66. The molecule has 0 bridgehead atoms. The zero-order chi connectivity index (χ0) is 18.8. The van der Waals surface area contributed by atoms with Crippen LogP contribution < -0.4 is 4.74 Å². The third kappa shape index (κ3) is 7.40. The van der Waals surface area contributed by atoms with Crippen LogP contribution in [0, 0.1) is 5.92 Å². The highest BCUT2D eigenvalue weighted by molar-refractivity contribution is 5.26. The van der Waals surface area contributed by atoms with Crippen LogP contribution in [-0.4, -0.2) is 46.8 Å². The molecule has 5 nitrogen and oxygen atoms in total. The van der Waals surface area contributed by atoms with Gasteiger partial charge in [-0.3, -0.25) is 0 Å². The molecule has 0 aliphatic rings. The summed E-state index contributed by atoms with van der Waals surface area (Å²) in [6.45, 7) is 7.42. The molecule has 0 saturated heterocycles. The maximum Gasteiger partial charge on any atom is 0.118 e. The van der Waals surface area contributed by atoms with E-state index in [9.17, 15) is 15.3 Å². The summed E-state index contributed by atoms with van der Waals surface area (Å²) in [7, 11) is 1.60. The van der Waals surface area contributed by atoms with E-state index in [0.29, 0.717) is 0 Å². The Labute approximate surface area is 150 Å². The van der Waals surface area contributed by atoms with E-state index in [1.165, 1.54) is 0 Å². The van der Waals surface area contributed by atoms with Crippen LogP contribution >= 0.6 is 0 Å². The van der Waals surface area contributed by atoms with Gasteiger partial charge < -0.3 is 24.8 Å². The third-order valence-electron chi connectivity index (χ3n) is 4.11. The first kappa shape index (κ1) is 21.4. The van der Waals surface area contributed by atoms with Crippen molar-refractivity contribution in [1.82, 2.24) is 0 Å². The lowest BCUT2D eigenvalue weighted by Gasteiger charge is -2.25. The molecule has 3 N–H and O–H groups in total. The van der Waals surface area contributed by atoms with E-state index in [1.54, 1.807) is 32.3 Å². The quantitative estimate of drug-likeness (QED) is 0.534. The summed E-state index contributed by atoms with van der Waals surface area (Å²) in [5, 5.41) is 30.0. The molecule has 0 aliphatic heterocycles. The van der Waals surface area contributed by atoms with Crippen molar-refractivity contribution >= 4 is 0 Å². The maximum absolute atomic E-state index is 10.4. The highest BCUT2D eigenvalue weighted by atomic mass is 16.5. The molecule has 1 aromatic rings. The van der Waals surface area contributed by atoms with E-state index in [4.69, 9.17) is 9.47 Å². The Morgan fingerprint density at radius 1 is 1.08 bits per heavy atom. The molecule has 25 heavy (non-hydrogen) atoms. The first-order valence-electron chi connectivity index (χ1n) is 8.47. The lowest BCUT2D eigenvalue weighted by molar-refractivity contribution is -0.0741. The molecule has 0 aliphatic carbocycles. The fraction of sp³-hybridized carbons (Fsp3) is 0.500. The molecule has 0 fully saturated rings. The van der Waals surface area contributed by atoms with Gasteiger partial charge in [-0.05, 0) is 37.0 Å². The zero-order valence-corrected chi connectivity index (χ0v) is 15.2. The fourth-order valence-electron chi connectivity index (χ4n) is 2.16. The molecular formula is C20H30O5. The Morgan fingerprint density at radius 3 is 2.24 bits per heavy atom. The highest BCUT2D eigenvalue weighted by Gasteiger charge is 2.24. The standard InChI is InChI=1S/C20H30O5/c1-5-6-18(22)20(23)19(12-7-14(2)15(3)21)25-13-16-8-10-17(24-4)11-9-16/h5,7-12,14-15,18-23H,1,6,13H2,2-4H3/t14-,15+,18+,19-,20+/m1/s1. The van der Waals surface area contributed by atoms with Crippen LogP contribution in [0.3, 0.4) is 0 Å². The van der Waals surface area contributed by atoms with Crippen molar-refractivity contribution < 1.29 is 24.8 Å². The molecule has 0 spiro atoms. The van der Waals surface area contributed by atoms with Crippen molar-refractivity contribution in [3.05, 3.63) is 54.6 Å². The monoisotopic (exact) mass is 350 g/mol. The number of benzene rings is 1. The number of aliphatic hydroxyl groups is 3. The first-order valence-corrected chi connectivity index (χ1v) is 8.47. The van der Waals surface area contributed by atoms with Gasteiger partial charge in [0.15, 0.2) is 0 Å². The predicted octanol–water partition coefficient (Wildman–Crippen LogP) is 2.45. The summed E-state index contributed by atoms with van der Waals surface area (Å²) in [6.07, 6.45) is 2.04. The molecule has 0 saturated carbocycles. The van der Waals surface area contributed by atoms with Crippen LogP contribution in [0.15, 0.2) is 49.1 Å². The molecule has 5 atom stereocenters. The zero-order valence-electron chi connectivity index (χ0n) is 15.2. The SMILES string of the molecule is C=CC[C@H](O)[C@H](O)[C@@H](C=C[C@@H](C)[C@H](C)O)OCc1ccc(OC)cc1. The number of aliphatic hydroxyl groups excluding tert-OH is 3. The molecule has 5 heteroatoms. The van der Waals surface area contributed by atoms with Gasteiger partial charge in [-0.15, -0.1) is 6.58 Å². The van der Waals surface area contributed by atoms with Crippen molar-refractivity contribution in [2.24, 2.45) is 5.92 Å². The van der Waals surface area contributed by atoms with Crippen LogP contribution in [-0.2, 0) is 11.3 Å². The Morgan fingerprint density at radius 2 is 1.72 bits per heavy atom. The van der Waals surface area contributed by atoms with Gasteiger partial charge in [0.1, 0.15) is 18.0 Å². The summed E-state index contributed by atoms with van der Waals surface area (Å²) in [5.74, 6) is 0.670. The molecule has 1 aromatic carbocycles. The van der Waals surface area contributed by atoms with E-state index in [1.807, 2.05) is 31.2 Å². The minimum Gasteiger partial charge on any atom is -0.497 e. The molecule has 0 radical (unpaired) electrons. The van der Waals surface area contributed by atoms with Crippen molar-refractivity contribution in [2.75, 3.05) is 7.11 Å². The van der Waals surface area contributed by atoms with E-state index < -0.39 is 24.4 Å². The fourth-order valence-corrected chi connectivity index (χ4v) is 2.16. The molecule has 0 heterocycles. The van der Waals surface area contributed by atoms with Crippen LogP contribution in [0.25, 0.3) is 0 Å². The Bertz CT molecular complexity index is 523. The van der Waals surface area contributed by atoms with Crippen LogP contribution in [0.5, 0.6) is 5.75 Å². The molecule has 0 amide bonds. The molecule has 140 valence electrons. The predicted molar refractivity (Wildman–Crippen MR) is 98.4 cm³/mol. The Kier molecular flexibility index (Phi) is 9.45. The average molecular weight is 350 g/mol. The second-order valence-corrected chi connectivity index (χ2v) is 6.19. The van der Waals surface area contributed by atoms with Crippen LogP contribution in [0.1, 0.15) is 25.8 Å². The second kappa shape index (κ2) is 11.1. The highest BCUT2D eigenvalue weighted by Crippen LogP contribution is 2.16. The van der Waals surface area contributed by atoms with Gasteiger partial charge in [0.25, 0.3) is 0 Å². The normalized spacial score (nSPS) is 17.7. The largest absolute Gasteiger partial charge is 0.497 e. The summed E-state index contributed by atoms with van der Waals surface area (Å²) in [4.78, 5) is 0. The number of hydrogen-bond donors (Lipinski definition) is 3. The van der Waals surface area contributed by atoms with E-state index >= 15 is 0 Å². The van der Waals surface area contributed by atoms with Crippen molar-refractivity contribution in [1.29, 1.82) is 0 Å². The number of ether oxygens (including phenoxy) is 2. The minimum absolute atomic E-state index is 0.0872. The van der Waals surface area contributed by atoms with Gasteiger partial charge in [0.2, 0.25) is 0 Å². The summed E-state index contributed by atoms with van der Waals surface area (Å²) < 4.78 is 10.9. The topological polar surface area (TPSA) is 79.2 Å². The molecule has 0 aromatic heterocycles. The second-order valence-electron chi connectivity index (χ2n) is 6.19. The molecular weight excluding hydrogens is 320 g/mol. The first-order chi connectivity index (χ1) is 11.9. The van der Waals surface area contributed by atoms with E-state index in [-0.39, 0.29) is 18.9 Å². The van der Waals surface area contributed by atoms with Gasteiger partial charge >= 0.3 is 0 Å². The number of methoxy groups -OCH3 is 1. The summed E-state index contributed by atoms with van der Waals surface area (Å²) in [6, 6.07) is 7.43. The summed E-state index contributed by atoms with van der Waals surface area (Å²) >= 11 is 0. The van der Waals surface area contributed by atoms with Gasteiger partial charge in [-0.2, -0.15) is 0 Å². The number of hydrogen-bond acceptors (Lipinski definition) is 5. The third-order valence-corrected chi connectivity index (χ3v) is 4.11. The van der Waals surface area contributed by atoms with Gasteiger partial charge in [0, 0.05) is 0 Å². The van der Waals surface area contributed by atoms with Crippen molar-refractivity contribution in [3.63, 3.8) is 0 Å². The number of rotatable bonds is 11. The van der Waals surface area contributed by atoms with Crippen LogP contribution in [0.2, 0.25) is 0 Å². The average Bonchev–Trinajstić information content (AvgIpc) is 2.61. The molecule has 0 unspecified atom stereocenters. The van der Waals surface area contributed by atoms with Gasteiger partial charge in [0.05, 0.1) is 25.9 Å². The van der Waals surface area contributed by atoms with Crippen LogP contribution in [0.4, 0.5) is 0 Å². The van der Waals surface area contributed by atoms with Crippen molar-refractivity contribution in [2.45, 2.75) is 51.3 Å². The maximum atomic E-state index is 10.4. The Balaban J connectivity index is 2.79. The molecule has 1 rings (SSSR count). The minimum atomic E-state index is -1.09. The van der Waals surface area contributed by atoms with Gasteiger partial charge in [-0.25, -0.2) is 0 Å². The smallest absolute Gasteiger partial charge is 0.118 e.